The van der Waals surface area contributed by atoms with E-state index in [0.29, 0.717) is 0 Å². The van der Waals surface area contributed by atoms with Crippen LogP contribution in [0.15, 0.2) is 28.7 Å². The monoisotopic (exact) mass is 208 g/mol. The van der Waals surface area contributed by atoms with Crippen LogP contribution in [-0.2, 0) is 0 Å². The highest BCUT2D eigenvalue weighted by atomic mass is 79.9. The van der Waals surface area contributed by atoms with Gasteiger partial charge in [-0.15, -0.1) is 0 Å². The minimum Gasteiger partial charge on any atom is -0.0981 e. The summed E-state index contributed by atoms with van der Waals surface area (Å²) in [5.74, 6) is 6.09. The predicted molar refractivity (Wildman–Crippen MR) is 51.3 cm³/mol. The molecule has 0 fully saturated rings. The first kappa shape index (κ1) is 8.36. The fourth-order valence-electron chi connectivity index (χ4n) is 0.746. The van der Waals surface area contributed by atoms with Gasteiger partial charge in [-0.1, -0.05) is 30.9 Å². The SMILES string of the molecule is CCC#Cc1ccccc1Br. The molecule has 0 saturated carbocycles. The van der Waals surface area contributed by atoms with Crippen molar-refractivity contribution in [3.05, 3.63) is 34.3 Å². The normalized spacial score (nSPS) is 8.55. The van der Waals surface area contributed by atoms with Crippen LogP contribution in [0.1, 0.15) is 18.9 Å². The summed E-state index contributed by atoms with van der Waals surface area (Å²) in [5, 5.41) is 0. The van der Waals surface area contributed by atoms with Crippen molar-refractivity contribution in [3.8, 4) is 11.8 Å². The summed E-state index contributed by atoms with van der Waals surface area (Å²) in [5.41, 5.74) is 1.06. The van der Waals surface area contributed by atoms with E-state index in [1.54, 1.807) is 0 Å². The van der Waals surface area contributed by atoms with Crippen LogP contribution in [0.3, 0.4) is 0 Å². The molecular formula is C10H9Br. The molecule has 1 aromatic rings. The van der Waals surface area contributed by atoms with E-state index >= 15 is 0 Å². The molecule has 0 bridgehead atoms. The Morgan fingerprint density at radius 3 is 2.73 bits per heavy atom. The Morgan fingerprint density at radius 1 is 1.36 bits per heavy atom. The minimum absolute atomic E-state index is 0.904. The molecule has 1 rings (SSSR count). The maximum atomic E-state index is 3.42. The van der Waals surface area contributed by atoms with Gasteiger partial charge in [0.15, 0.2) is 0 Å². The highest BCUT2D eigenvalue weighted by Crippen LogP contribution is 2.13. The van der Waals surface area contributed by atoms with Gasteiger partial charge in [0.25, 0.3) is 0 Å². The first-order valence-electron chi connectivity index (χ1n) is 3.58. The zero-order chi connectivity index (χ0) is 8.10. The Kier molecular flexibility index (Phi) is 3.19. The Labute approximate surface area is 75.8 Å². The third-order valence-electron chi connectivity index (χ3n) is 1.27. The summed E-state index contributed by atoms with van der Waals surface area (Å²) in [4.78, 5) is 0. The molecule has 0 aliphatic rings. The second-order valence-electron chi connectivity index (χ2n) is 2.14. The van der Waals surface area contributed by atoms with E-state index in [0.717, 1.165) is 16.5 Å². The molecular weight excluding hydrogens is 200 g/mol. The van der Waals surface area contributed by atoms with E-state index in [1.807, 2.05) is 31.2 Å². The van der Waals surface area contributed by atoms with Crippen LogP contribution in [0.25, 0.3) is 0 Å². The van der Waals surface area contributed by atoms with Gasteiger partial charge in [0.1, 0.15) is 0 Å². The second-order valence-corrected chi connectivity index (χ2v) is 2.99. The summed E-state index contributed by atoms with van der Waals surface area (Å²) < 4.78 is 1.07. The van der Waals surface area contributed by atoms with Crippen molar-refractivity contribution in [3.63, 3.8) is 0 Å². The van der Waals surface area contributed by atoms with Crippen molar-refractivity contribution in [1.82, 2.24) is 0 Å². The van der Waals surface area contributed by atoms with Crippen molar-refractivity contribution >= 4 is 15.9 Å². The van der Waals surface area contributed by atoms with Crippen LogP contribution in [0, 0.1) is 11.8 Å². The molecule has 0 aliphatic carbocycles. The van der Waals surface area contributed by atoms with Gasteiger partial charge in [-0.2, -0.15) is 0 Å². The lowest BCUT2D eigenvalue weighted by atomic mass is 10.2. The highest BCUT2D eigenvalue weighted by molar-refractivity contribution is 9.10. The summed E-state index contributed by atoms with van der Waals surface area (Å²) in [6.45, 7) is 2.05. The predicted octanol–water partition coefficient (Wildman–Crippen LogP) is 3.21. The average Bonchev–Trinajstić information content (AvgIpc) is 2.03. The molecule has 0 radical (unpaired) electrons. The van der Waals surface area contributed by atoms with Crippen LogP contribution in [0.2, 0.25) is 0 Å². The minimum atomic E-state index is 0.904. The van der Waals surface area contributed by atoms with E-state index in [1.165, 1.54) is 0 Å². The van der Waals surface area contributed by atoms with E-state index in [-0.39, 0.29) is 0 Å². The standard InChI is InChI=1S/C10H9Br/c1-2-3-6-9-7-4-5-8-10(9)11/h4-5,7-8H,2H2,1H3. The van der Waals surface area contributed by atoms with Gasteiger partial charge in [-0.3, -0.25) is 0 Å². The van der Waals surface area contributed by atoms with Gasteiger partial charge in [0.05, 0.1) is 0 Å². The fourth-order valence-corrected chi connectivity index (χ4v) is 1.13. The van der Waals surface area contributed by atoms with E-state index < -0.39 is 0 Å². The molecule has 1 aromatic carbocycles. The highest BCUT2D eigenvalue weighted by Gasteiger charge is 1.90. The second kappa shape index (κ2) is 4.20. The van der Waals surface area contributed by atoms with Crippen LogP contribution in [-0.4, -0.2) is 0 Å². The zero-order valence-corrected chi connectivity index (χ0v) is 7.98. The lowest BCUT2D eigenvalue weighted by Gasteiger charge is -1.91. The first-order chi connectivity index (χ1) is 5.34. The van der Waals surface area contributed by atoms with Crippen molar-refractivity contribution in [2.45, 2.75) is 13.3 Å². The third kappa shape index (κ3) is 2.40. The Bertz CT molecular complexity index is 291. The molecule has 11 heavy (non-hydrogen) atoms. The fraction of sp³-hybridized carbons (Fsp3) is 0.200. The first-order valence-corrected chi connectivity index (χ1v) is 4.37. The number of rotatable bonds is 0. The Morgan fingerprint density at radius 2 is 2.09 bits per heavy atom. The maximum absolute atomic E-state index is 3.42. The molecule has 56 valence electrons. The lowest BCUT2D eigenvalue weighted by molar-refractivity contribution is 1.28. The van der Waals surface area contributed by atoms with Crippen molar-refractivity contribution in [2.24, 2.45) is 0 Å². The molecule has 0 saturated heterocycles. The van der Waals surface area contributed by atoms with Gasteiger partial charge in [0.2, 0.25) is 0 Å². The van der Waals surface area contributed by atoms with Crippen molar-refractivity contribution in [2.75, 3.05) is 0 Å². The smallest absolute Gasteiger partial charge is 0.0387 e. The van der Waals surface area contributed by atoms with Crippen molar-refractivity contribution < 1.29 is 0 Å². The van der Waals surface area contributed by atoms with E-state index in [9.17, 15) is 0 Å². The molecule has 0 heterocycles. The topological polar surface area (TPSA) is 0 Å². The molecule has 0 atom stereocenters. The Hall–Kier alpha value is -0.740. The molecule has 0 nitrogen and oxygen atoms in total. The van der Waals surface area contributed by atoms with Crippen molar-refractivity contribution in [1.29, 1.82) is 0 Å². The molecule has 0 N–H and O–H groups in total. The summed E-state index contributed by atoms with van der Waals surface area (Å²) in [7, 11) is 0. The van der Waals surface area contributed by atoms with Gasteiger partial charge < -0.3 is 0 Å². The van der Waals surface area contributed by atoms with Crippen LogP contribution in [0.4, 0.5) is 0 Å². The van der Waals surface area contributed by atoms with E-state index in [4.69, 9.17) is 0 Å². The number of hydrogen-bond acceptors (Lipinski definition) is 0. The molecule has 0 aliphatic heterocycles. The summed E-state index contributed by atoms with van der Waals surface area (Å²) in [6, 6.07) is 7.98. The summed E-state index contributed by atoms with van der Waals surface area (Å²) >= 11 is 3.42. The maximum Gasteiger partial charge on any atom is 0.0387 e. The van der Waals surface area contributed by atoms with Gasteiger partial charge in [-0.05, 0) is 28.1 Å². The lowest BCUT2D eigenvalue weighted by Crippen LogP contribution is -1.74. The number of benzene rings is 1. The summed E-state index contributed by atoms with van der Waals surface area (Å²) in [6.07, 6.45) is 0.904. The molecule has 0 amide bonds. The zero-order valence-electron chi connectivity index (χ0n) is 6.39. The van der Waals surface area contributed by atoms with Gasteiger partial charge >= 0.3 is 0 Å². The Balaban J connectivity index is 2.95. The van der Waals surface area contributed by atoms with Crippen LogP contribution < -0.4 is 0 Å². The van der Waals surface area contributed by atoms with Gasteiger partial charge in [-0.25, -0.2) is 0 Å². The molecule has 1 heteroatoms. The van der Waals surface area contributed by atoms with E-state index in [2.05, 4.69) is 27.8 Å². The molecule has 0 spiro atoms. The third-order valence-corrected chi connectivity index (χ3v) is 1.97. The van der Waals surface area contributed by atoms with Crippen LogP contribution >= 0.6 is 15.9 Å². The molecule has 0 unspecified atom stereocenters. The molecule has 0 aromatic heterocycles. The average molecular weight is 209 g/mol. The number of halogens is 1. The largest absolute Gasteiger partial charge is 0.0981 e. The quantitative estimate of drug-likeness (QED) is 0.575. The number of hydrogen-bond donors (Lipinski definition) is 0. The van der Waals surface area contributed by atoms with Gasteiger partial charge in [0, 0.05) is 16.5 Å². The van der Waals surface area contributed by atoms with Crippen LogP contribution in [0.5, 0.6) is 0 Å².